The van der Waals surface area contributed by atoms with Crippen molar-refractivity contribution in [2.45, 2.75) is 19.0 Å². The molecule has 0 radical (unpaired) electrons. The van der Waals surface area contributed by atoms with Gasteiger partial charge in [-0.1, -0.05) is 0 Å². The van der Waals surface area contributed by atoms with Gasteiger partial charge in [-0.2, -0.15) is 5.10 Å². The topological polar surface area (TPSA) is 84.1 Å². The van der Waals surface area contributed by atoms with Crippen LogP contribution in [0.5, 0.6) is 5.75 Å². The minimum atomic E-state index is -2.86. The van der Waals surface area contributed by atoms with Crippen LogP contribution < -0.4 is 10.1 Å². The number of H-pyrrole nitrogens is 1. The number of rotatable bonds is 5. The Labute approximate surface area is 129 Å². The van der Waals surface area contributed by atoms with E-state index in [9.17, 15) is 8.42 Å². The van der Waals surface area contributed by atoms with Crippen molar-refractivity contribution in [2.24, 2.45) is 0 Å². The van der Waals surface area contributed by atoms with Gasteiger partial charge in [-0.25, -0.2) is 8.42 Å². The van der Waals surface area contributed by atoms with Crippen molar-refractivity contribution in [1.82, 2.24) is 15.5 Å². The molecule has 6 nitrogen and oxygen atoms in total. The number of hydrogen-bond donors (Lipinski definition) is 2. The zero-order valence-electron chi connectivity index (χ0n) is 12.4. The number of hydrogen-bond acceptors (Lipinski definition) is 5. The third-order valence-electron chi connectivity index (χ3n) is 3.91. The van der Waals surface area contributed by atoms with Gasteiger partial charge in [0.15, 0.2) is 9.84 Å². The maximum Gasteiger partial charge on any atom is 0.151 e. The minimum absolute atomic E-state index is 0.0311. The second-order valence-corrected chi connectivity index (χ2v) is 7.71. The molecule has 1 fully saturated rings. The largest absolute Gasteiger partial charge is 0.497 e. The first kappa shape index (κ1) is 15.1. The summed E-state index contributed by atoms with van der Waals surface area (Å²) in [6.07, 6.45) is 2.45. The molecule has 22 heavy (non-hydrogen) atoms. The SMILES string of the molecule is COc1ccc(-c2[nH]ncc2CNC2CCS(=O)(=O)C2)cc1. The highest BCUT2D eigenvalue weighted by atomic mass is 32.2. The molecule has 1 aromatic heterocycles. The molecule has 1 unspecified atom stereocenters. The van der Waals surface area contributed by atoms with E-state index in [2.05, 4.69) is 15.5 Å². The van der Waals surface area contributed by atoms with Crippen LogP contribution in [0.25, 0.3) is 11.3 Å². The van der Waals surface area contributed by atoms with Crippen LogP contribution in [0.2, 0.25) is 0 Å². The van der Waals surface area contributed by atoms with E-state index in [4.69, 9.17) is 4.74 Å². The van der Waals surface area contributed by atoms with Gasteiger partial charge in [0, 0.05) is 23.7 Å². The van der Waals surface area contributed by atoms with Gasteiger partial charge in [-0.15, -0.1) is 0 Å². The van der Waals surface area contributed by atoms with Gasteiger partial charge in [0.25, 0.3) is 0 Å². The van der Waals surface area contributed by atoms with Crippen LogP contribution in [0.1, 0.15) is 12.0 Å². The van der Waals surface area contributed by atoms with E-state index in [0.29, 0.717) is 13.0 Å². The van der Waals surface area contributed by atoms with Crippen LogP contribution in [0.15, 0.2) is 30.5 Å². The van der Waals surface area contributed by atoms with E-state index in [1.165, 1.54) is 0 Å². The Balaban J connectivity index is 1.69. The number of benzene rings is 1. The van der Waals surface area contributed by atoms with Gasteiger partial charge in [0.2, 0.25) is 0 Å². The van der Waals surface area contributed by atoms with Crippen molar-refractivity contribution in [3.63, 3.8) is 0 Å². The third-order valence-corrected chi connectivity index (χ3v) is 5.68. The second kappa shape index (κ2) is 6.10. The molecule has 2 N–H and O–H groups in total. The summed E-state index contributed by atoms with van der Waals surface area (Å²) >= 11 is 0. The summed E-state index contributed by atoms with van der Waals surface area (Å²) < 4.78 is 28.1. The first-order valence-electron chi connectivity index (χ1n) is 7.18. The molecule has 1 aliphatic heterocycles. The first-order chi connectivity index (χ1) is 10.6. The quantitative estimate of drug-likeness (QED) is 0.869. The Kier molecular flexibility index (Phi) is 4.17. The van der Waals surface area contributed by atoms with E-state index in [1.54, 1.807) is 13.3 Å². The fourth-order valence-electron chi connectivity index (χ4n) is 2.66. The molecular weight excluding hydrogens is 302 g/mol. The van der Waals surface area contributed by atoms with Gasteiger partial charge in [0.1, 0.15) is 5.75 Å². The number of aromatic amines is 1. The van der Waals surface area contributed by atoms with Crippen LogP contribution in [-0.4, -0.2) is 43.3 Å². The number of ether oxygens (including phenoxy) is 1. The molecule has 0 saturated carbocycles. The molecule has 7 heteroatoms. The van der Waals surface area contributed by atoms with Gasteiger partial charge in [-0.3, -0.25) is 5.10 Å². The Morgan fingerprint density at radius 3 is 2.77 bits per heavy atom. The average Bonchev–Trinajstić information content (AvgIpc) is 3.11. The van der Waals surface area contributed by atoms with E-state index < -0.39 is 9.84 Å². The van der Waals surface area contributed by atoms with E-state index in [0.717, 1.165) is 22.6 Å². The standard InChI is InChI=1S/C15H19N3O3S/c1-21-14-4-2-11(3-5-14)15-12(9-17-18-15)8-16-13-6-7-22(19,20)10-13/h2-5,9,13,16H,6-8,10H2,1H3,(H,17,18). The number of aromatic nitrogens is 2. The monoisotopic (exact) mass is 321 g/mol. The molecule has 0 bridgehead atoms. The molecule has 1 aromatic carbocycles. The molecule has 1 aliphatic rings. The predicted octanol–water partition coefficient (Wildman–Crippen LogP) is 1.36. The first-order valence-corrected chi connectivity index (χ1v) is 9.00. The molecule has 118 valence electrons. The number of methoxy groups -OCH3 is 1. The summed E-state index contributed by atoms with van der Waals surface area (Å²) in [4.78, 5) is 0. The lowest BCUT2D eigenvalue weighted by molar-refractivity contribution is 0.415. The summed E-state index contributed by atoms with van der Waals surface area (Å²) in [6.45, 7) is 0.595. The fourth-order valence-corrected chi connectivity index (χ4v) is 4.37. The lowest BCUT2D eigenvalue weighted by Gasteiger charge is -2.11. The van der Waals surface area contributed by atoms with Gasteiger partial charge < -0.3 is 10.1 Å². The van der Waals surface area contributed by atoms with Crippen molar-refractivity contribution in [3.05, 3.63) is 36.0 Å². The lowest BCUT2D eigenvalue weighted by atomic mass is 10.1. The number of sulfone groups is 1. The van der Waals surface area contributed by atoms with E-state index in [1.807, 2.05) is 24.3 Å². The van der Waals surface area contributed by atoms with Crippen molar-refractivity contribution >= 4 is 9.84 Å². The molecule has 1 atom stereocenters. The normalized spacial score (nSPS) is 20.1. The average molecular weight is 321 g/mol. The van der Waals surface area contributed by atoms with E-state index in [-0.39, 0.29) is 17.5 Å². The third kappa shape index (κ3) is 3.31. The van der Waals surface area contributed by atoms with Crippen LogP contribution in [-0.2, 0) is 16.4 Å². The van der Waals surface area contributed by atoms with Crippen LogP contribution >= 0.6 is 0 Å². The Morgan fingerprint density at radius 1 is 1.36 bits per heavy atom. The Bertz CT molecular complexity index is 738. The van der Waals surface area contributed by atoms with Crippen molar-refractivity contribution in [3.8, 4) is 17.0 Å². The summed E-state index contributed by atoms with van der Waals surface area (Å²) in [6, 6.07) is 7.77. The highest BCUT2D eigenvalue weighted by Crippen LogP contribution is 2.24. The molecule has 1 saturated heterocycles. The molecule has 0 aliphatic carbocycles. The predicted molar refractivity (Wildman–Crippen MR) is 84.5 cm³/mol. The molecule has 0 spiro atoms. The summed E-state index contributed by atoms with van der Waals surface area (Å²) in [7, 11) is -1.22. The van der Waals surface area contributed by atoms with E-state index >= 15 is 0 Å². The molecule has 2 aromatic rings. The lowest BCUT2D eigenvalue weighted by Crippen LogP contribution is -2.29. The summed E-state index contributed by atoms with van der Waals surface area (Å²) in [5, 5.41) is 10.4. The highest BCUT2D eigenvalue weighted by molar-refractivity contribution is 7.91. The molecule has 2 heterocycles. The fraction of sp³-hybridized carbons (Fsp3) is 0.400. The molecule has 3 rings (SSSR count). The van der Waals surface area contributed by atoms with Gasteiger partial charge >= 0.3 is 0 Å². The molecule has 0 amide bonds. The Morgan fingerprint density at radius 2 is 2.14 bits per heavy atom. The summed E-state index contributed by atoms with van der Waals surface area (Å²) in [5.41, 5.74) is 2.99. The molecular formula is C15H19N3O3S. The smallest absolute Gasteiger partial charge is 0.151 e. The maximum absolute atomic E-state index is 11.5. The van der Waals surface area contributed by atoms with Crippen molar-refractivity contribution in [2.75, 3.05) is 18.6 Å². The zero-order chi connectivity index (χ0) is 15.6. The van der Waals surface area contributed by atoms with Crippen LogP contribution in [0.3, 0.4) is 0 Å². The second-order valence-electron chi connectivity index (χ2n) is 5.48. The van der Waals surface area contributed by atoms with Crippen molar-refractivity contribution in [1.29, 1.82) is 0 Å². The van der Waals surface area contributed by atoms with Gasteiger partial charge in [-0.05, 0) is 30.7 Å². The summed E-state index contributed by atoms with van der Waals surface area (Å²) in [5.74, 6) is 1.31. The number of nitrogens with one attached hydrogen (secondary N) is 2. The van der Waals surface area contributed by atoms with Crippen molar-refractivity contribution < 1.29 is 13.2 Å². The van der Waals surface area contributed by atoms with Crippen LogP contribution in [0, 0.1) is 0 Å². The van der Waals surface area contributed by atoms with Crippen LogP contribution in [0.4, 0.5) is 0 Å². The van der Waals surface area contributed by atoms with Gasteiger partial charge in [0.05, 0.1) is 30.5 Å². The Hall–Kier alpha value is -1.86. The maximum atomic E-state index is 11.5. The minimum Gasteiger partial charge on any atom is -0.497 e. The zero-order valence-corrected chi connectivity index (χ0v) is 13.2. The number of nitrogens with zero attached hydrogens (tertiary/aromatic N) is 1. The highest BCUT2D eigenvalue weighted by Gasteiger charge is 2.27.